The molecule has 4 heteroatoms. The Kier molecular flexibility index (Phi) is 4.80. The Morgan fingerprint density at radius 3 is 2.89 bits per heavy atom. The molecule has 0 bridgehead atoms. The Morgan fingerprint density at radius 2 is 2.16 bits per heavy atom. The van der Waals surface area contributed by atoms with E-state index in [2.05, 4.69) is 24.5 Å². The van der Waals surface area contributed by atoms with Gasteiger partial charge in [0.2, 0.25) is 5.91 Å². The highest BCUT2D eigenvalue weighted by molar-refractivity contribution is 6.02. The van der Waals surface area contributed by atoms with Crippen molar-refractivity contribution in [3.05, 3.63) is 23.8 Å². The van der Waals surface area contributed by atoms with Crippen LogP contribution in [0.4, 0.5) is 5.69 Å². The van der Waals surface area contributed by atoms with Crippen molar-refractivity contribution < 1.29 is 9.53 Å². The van der Waals surface area contributed by atoms with Crippen LogP contribution in [0.25, 0.3) is 0 Å². The number of benzene rings is 1. The summed E-state index contributed by atoms with van der Waals surface area (Å²) in [4.78, 5) is 11.9. The maximum Gasteiger partial charge on any atom is 0.246 e. The van der Waals surface area contributed by atoms with Gasteiger partial charge in [-0.25, -0.2) is 0 Å². The number of unbranched alkanes of at least 4 members (excludes halogenated alkanes) is 1. The van der Waals surface area contributed by atoms with E-state index in [9.17, 15) is 4.79 Å². The minimum atomic E-state index is -0.223. The van der Waals surface area contributed by atoms with Gasteiger partial charge in [-0.2, -0.15) is 0 Å². The number of carbonyl (C=O) groups is 1. The second-order valence-electron chi connectivity index (χ2n) is 4.83. The topological polar surface area (TPSA) is 50.4 Å². The van der Waals surface area contributed by atoms with E-state index in [0.717, 1.165) is 49.4 Å². The van der Waals surface area contributed by atoms with Crippen LogP contribution in [0.2, 0.25) is 0 Å². The Bertz CT molecular complexity index is 446. The molecule has 2 rings (SSSR count). The molecule has 1 aliphatic heterocycles. The predicted octanol–water partition coefficient (Wildman–Crippen LogP) is 2.86. The van der Waals surface area contributed by atoms with Gasteiger partial charge < -0.3 is 15.4 Å². The molecule has 0 aromatic heterocycles. The lowest BCUT2D eigenvalue weighted by atomic mass is 10.1. The third-order valence-corrected chi connectivity index (χ3v) is 3.22. The van der Waals surface area contributed by atoms with Crippen molar-refractivity contribution in [2.24, 2.45) is 0 Å². The third kappa shape index (κ3) is 3.26. The van der Waals surface area contributed by atoms with Crippen molar-refractivity contribution in [3.63, 3.8) is 0 Å². The molecule has 1 unspecified atom stereocenters. The molecule has 104 valence electrons. The van der Waals surface area contributed by atoms with Crippen LogP contribution >= 0.6 is 0 Å². The van der Waals surface area contributed by atoms with Gasteiger partial charge in [0.25, 0.3) is 0 Å². The number of fused-ring (bicyclic) bond motifs is 1. The lowest BCUT2D eigenvalue weighted by Crippen LogP contribution is -2.27. The van der Waals surface area contributed by atoms with Gasteiger partial charge in [0.05, 0.1) is 6.61 Å². The molecule has 1 aromatic carbocycles. The first-order valence-electron chi connectivity index (χ1n) is 7.07. The molecule has 0 aliphatic carbocycles. The van der Waals surface area contributed by atoms with Gasteiger partial charge in [0.1, 0.15) is 11.8 Å². The maximum atomic E-state index is 11.9. The number of rotatable bonds is 7. The first-order valence-corrected chi connectivity index (χ1v) is 7.07. The molecule has 4 nitrogen and oxygen atoms in total. The number of hydrogen-bond acceptors (Lipinski definition) is 3. The van der Waals surface area contributed by atoms with Crippen LogP contribution in [0, 0.1) is 0 Å². The summed E-state index contributed by atoms with van der Waals surface area (Å²) in [5.41, 5.74) is 1.88. The standard InChI is InChI=1S/C15H22N2O2/c1-3-5-9-19-11-6-7-12-13(10-11)17-15(18)14(12)16-8-4-2/h6-7,10,14,16H,3-5,8-9H2,1-2H3,(H,17,18). The first-order chi connectivity index (χ1) is 9.26. The molecule has 0 spiro atoms. The average molecular weight is 262 g/mol. The van der Waals surface area contributed by atoms with Crippen molar-refractivity contribution in [1.82, 2.24) is 5.32 Å². The molecule has 0 fully saturated rings. The molecular formula is C15H22N2O2. The van der Waals surface area contributed by atoms with Crippen LogP contribution in [0.3, 0.4) is 0 Å². The molecule has 2 N–H and O–H groups in total. The number of anilines is 1. The van der Waals surface area contributed by atoms with Gasteiger partial charge in [-0.1, -0.05) is 26.3 Å². The zero-order chi connectivity index (χ0) is 13.7. The van der Waals surface area contributed by atoms with E-state index in [1.807, 2.05) is 18.2 Å². The van der Waals surface area contributed by atoms with Crippen molar-refractivity contribution in [2.45, 2.75) is 39.2 Å². The third-order valence-electron chi connectivity index (χ3n) is 3.22. The fourth-order valence-electron chi connectivity index (χ4n) is 2.16. The summed E-state index contributed by atoms with van der Waals surface area (Å²) in [5, 5.41) is 6.16. The van der Waals surface area contributed by atoms with Crippen LogP contribution < -0.4 is 15.4 Å². The molecule has 1 aliphatic rings. The van der Waals surface area contributed by atoms with Gasteiger partial charge in [-0.05, 0) is 25.5 Å². The molecule has 1 atom stereocenters. The molecule has 0 saturated heterocycles. The van der Waals surface area contributed by atoms with Crippen LogP contribution in [0.1, 0.15) is 44.7 Å². The summed E-state index contributed by atoms with van der Waals surface area (Å²) >= 11 is 0. The van der Waals surface area contributed by atoms with Gasteiger partial charge in [0, 0.05) is 17.3 Å². The Balaban J connectivity index is 2.06. The van der Waals surface area contributed by atoms with E-state index >= 15 is 0 Å². The van der Waals surface area contributed by atoms with Gasteiger partial charge in [-0.15, -0.1) is 0 Å². The van der Waals surface area contributed by atoms with Crippen LogP contribution in [-0.2, 0) is 4.79 Å². The van der Waals surface area contributed by atoms with Crippen LogP contribution in [0.5, 0.6) is 5.75 Å². The van der Waals surface area contributed by atoms with Crippen LogP contribution in [0.15, 0.2) is 18.2 Å². The molecule has 1 amide bonds. The summed E-state index contributed by atoms with van der Waals surface area (Å²) in [6.45, 7) is 5.79. The minimum absolute atomic E-state index is 0.0224. The molecular weight excluding hydrogens is 240 g/mol. The van der Waals surface area contributed by atoms with E-state index in [-0.39, 0.29) is 11.9 Å². The summed E-state index contributed by atoms with van der Waals surface area (Å²) in [5.74, 6) is 0.845. The number of nitrogens with one attached hydrogen (secondary N) is 2. The minimum Gasteiger partial charge on any atom is -0.494 e. The van der Waals surface area contributed by atoms with Gasteiger partial charge in [-0.3, -0.25) is 4.79 Å². The highest BCUT2D eigenvalue weighted by Crippen LogP contribution is 2.33. The molecule has 0 radical (unpaired) electrons. The highest BCUT2D eigenvalue weighted by atomic mass is 16.5. The van der Waals surface area contributed by atoms with Gasteiger partial charge in [0.15, 0.2) is 0 Å². The van der Waals surface area contributed by atoms with E-state index in [1.54, 1.807) is 0 Å². The number of amides is 1. The molecule has 19 heavy (non-hydrogen) atoms. The van der Waals surface area contributed by atoms with Crippen molar-refractivity contribution >= 4 is 11.6 Å². The number of ether oxygens (including phenoxy) is 1. The normalized spacial score (nSPS) is 17.2. The lowest BCUT2D eigenvalue weighted by molar-refractivity contribution is -0.117. The predicted molar refractivity (Wildman–Crippen MR) is 76.5 cm³/mol. The summed E-state index contributed by atoms with van der Waals surface area (Å²) < 4.78 is 5.65. The van der Waals surface area contributed by atoms with E-state index in [4.69, 9.17) is 4.74 Å². The first kappa shape index (κ1) is 13.9. The van der Waals surface area contributed by atoms with Crippen LogP contribution in [-0.4, -0.2) is 19.1 Å². The monoisotopic (exact) mass is 262 g/mol. The van der Waals surface area contributed by atoms with Crippen molar-refractivity contribution in [3.8, 4) is 5.75 Å². The summed E-state index contributed by atoms with van der Waals surface area (Å²) in [6.07, 6.45) is 3.17. The molecule has 1 heterocycles. The zero-order valence-corrected chi connectivity index (χ0v) is 11.7. The quantitative estimate of drug-likeness (QED) is 0.743. The van der Waals surface area contributed by atoms with Crippen molar-refractivity contribution in [2.75, 3.05) is 18.5 Å². The number of carbonyl (C=O) groups excluding carboxylic acids is 1. The Hall–Kier alpha value is -1.55. The van der Waals surface area contributed by atoms with Gasteiger partial charge >= 0.3 is 0 Å². The maximum absolute atomic E-state index is 11.9. The van der Waals surface area contributed by atoms with E-state index in [0.29, 0.717) is 0 Å². The zero-order valence-electron chi connectivity index (χ0n) is 11.7. The summed E-state index contributed by atoms with van der Waals surface area (Å²) in [7, 11) is 0. The fourth-order valence-corrected chi connectivity index (χ4v) is 2.16. The summed E-state index contributed by atoms with van der Waals surface area (Å²) in [6, 6.07) is 5.60. The smallest absolute Gasteiger partial charge is 0.246 e. The fraction of sp³-hybridized carbons (Fsp3) is 0.533. The molecule has 0 saturated carbocycles. The van der Waals surface area contributed by atoms with E-state index < -0.39 is 0 Å². The Labute approximate surface area is 114 Å². The number of hydrogen-bond donors (Lipinski definition) is 2. The van der Waals surface area contributed by atoms with Crippen molar-refractivity contribution in [1.29, 1.82) is 0 Å². The average Bonchev–Trinajstić information content (AvgIpc) is 2.71. The second-order valence-corrected chi connectivity index (χ2v) is 4.83. The highest BCUT2D eigenvalue weighted by Gasteiger charge is 2.29. The molecule has 1 aromatic rings. The largest absolute Gasteiger partial charge is 0.494 e. The Morgan fingerprint density at radius 1 is 1.32 bits per heavy atom. The SMILES string of the molecule is CCCCOc1ccc2c(c1)NC(=O)C2NCCC. The van der Waals surface area contributed by atoms with E-state index in [1.165, 1.54) is 0 Å². The second kappa shape index (κ2) is 6.57. The lowest BCUT2D eigenvalue weighted by Gasteiger charge is -2.11.